The van der Waals surface area contributed by atoms with Crippen LogP contribution in [0.15, 0.2) is 60.7 Å². The van der Waals surface area contributed by atoms with Crippen LogP contribution >= 0.6 is 0 Å². The van der Waals surface area contributed by atoms with Crippen molar-refractivity contribution in [3.8, 4) is 0 Å². The Balaban J connectivity index is -0.000000381. The zero-order valence-electron chi connectivity index (χ0n) is 21.5. The van der Waals surface area contributed by atoms with E-state index in [4.69, 9.17) is 33.9 Å². The first-order valence-electron chi connectivity index (χ1n) is 9.96. The molecule has 7 nitrogen and oxygen atoms in total. The van der Waals surface area contributed by atoms with Crippen molar-refractivity contribution in [3.63, 3.8) is 0 Å². The van der Waals surface area contributed by atoms with Crippen LogP contribution in [0.2, 0.25) is 0 Å². The fourth-order valence-electron chi connectivity index (χ4n) is 2.81. The first kappa shape index (κ1) is 40.5. The Morgan fingerprint density at radius 1 is 0.528 bits per heavy atom. The molecule has 0 unspecified atom stereocenters. The molecule has 2 aromatic rings. The van der Waals surface area contributed by atoms with Gasteiger partial charge in [-0.25, -0.2) is 28.4 Å². The fraction of sp³-hybridized carbons (Fsp3) is 0.360. The third-order valence-corrected chi connectivity index (χ3v) is 4.23. The molecule has 0 saturated carbocycles. The average Bonchev–Trinajstić information content (AvgIpc) is 2.85. The van der Waals surface area contributed by atoms with Crippen LogP contribution in [0.1, 0.15) is 11.1 Å². The van der Waals surface area contributed by atoms with Gasteiger partial charge in [0.25, 0.3) is 0 Å². The molecule has 0 amide bonds. The van der Waals surface area contributed by atoms with Crippen molar-refractivity contribution in [1.82, 2.24) is 0 Å². The molecule has 0 radical (unpaired) electrons. The van der Waals surface area contributed by atoms with Crippen molar-refractivity contribution >= 4 is 0 Å². The van der Waals surface area contributed by atoms with Gasteiger partial charge >= 0.3 is 0 Å². The molecule has 0 fully saturated rings. The van der Waals surface area contributed by atoms with Gasteiger partial charge < -0.3 is 33.9 Å². The summed E-state index contributed by atoms with van der Waals surface area (Å²) in [4.78, 5) is 0. The molecular weight excluding hydrogens is 1480 g/mol. The molecule has 0 aliphatic heterocycles. The molecule has 2 rings (SSSR count). The van der Waals surface area contributed by atoms with Gasteiger partial charge in [-0.05, 0) is 11.1 Å². The summed E-state index contributed by atoms with van der Waals surface area (Å²) in [7, 11) is 11.5. The van der Waals surface area contributed by atoms with Gasteiger partial charge in [0.1, 0.15) is 0 Å². The van der Waals surface area contributed by atoms with Gasteiger partial charge in [0.2, 0.25) is 0 Å². The van der Waals surface area contributed by atoms with E-state index in [0.717, 1.165) is 11.1 Å². The van der Waals surface area contributed by atoms with Crippen LogP contribution in [0.5, 0.6) is 0 Å². The molecule has 36 heavy (non-hydrogen) atoms. The Bertz CT molecular complexity index is 635. The zero-order chi connectivity index (χ0) is 23.9. The molecule has 0 atom stereocenters. The Morgan fingerprint density at radius 3 is 1.31 bits per heavy atom. The number of aliphatic hydroxyl groups is 2. The summed E-state index contributed by atoms with van der Waals surface area (Å²) in [5, 5.41) is 13.5. The number of benzene rings is 2. The molecule has 0 aromatic heterocycles. The predicted octanol–water partition coefficient (Wildman–Crippen LogP) is 4.34. The molecule has 0 aliphatic carbocycles. The number of aliphatic hydroxyl groups excluding tert-OH is 2. The zero-order valence-corrected chi connectivity index (χ0v) is 47.1. The Labute approximate surface area is 192 Å². The van der Waals surface area contributed by atoms with Crippen LogP contribution in [0.25, 0.3) is 0 Å². The monoisotopic (exact) mass is 1520 g/mol. The second-order valence-corrected chi connectivity index (χ2v) is 6.77. The Hall–Kier alpha value is -5.84. The van der Waals surface area contributed by atoms with E-state index >= 15 is 0 Å². The maximum atomic E-state index is 6.75. The maximum Gasteiger partial charge on any atom is 0.0718 e. The molecule has 11 heteroatoms. The van der Waals surface area contributed by atoms with Crippen LogP contribution in [-0.4, -0.2) is 49.9 Å². The van der Waals surface area contributed by atoms with E-state index in [2.05, 4.69) is 28.4 Å². The SMILES string of the molecule is [CH2-]O.[CH2-]O.[CH2-]OCC(CO[CH2-])(COCCOCc1ccccc1)COCc1ccccc1.[Rf].[Rf].[Rf].[Rf]. The van der Waals surface area contributed by atoms with Crippen molar-refractivity contribution in [1.29, 1.82) is 0 Å². The summed E-state index contributed by atoms with van der Waals surface area (Å²) in [5.74, 6) is 0. The van der Waals surface area contributed by atoms with Gasteiger partial charge in [-0.2, -0.15) is 0 Å². The third-order valence-electron chi connectivity index (χ3n) is 4.23. The molecule has 2 N–H and O–H groups in total. The smallest absolute Gasteiger partial charge is 0.0718 e. The molecule has 190 valence electrons. The van der Waals surface area contributed by atoms with E-state index < -0.39 is 5.41 Å². The van der Waals surface area contributed by atoms with E-state index in [-0.39, 0.29) is 0 Å². The Kier molecular flexibility index (Phi) is 30.6. The van der Waals surface area contributed by atoms with Gasteiger partial charge in [-0.15, -0.1) is 0 Å². The second-order valence-electron chi connectivity index (χ2n) is 6.77. The van der Waals surface area contributed by atoms with Gasteiger partial charge in [0.05, 0.1) is 45.1 Å². The Morgan fingerprint density at radius 2 is 0.889 bits per heavy atom. The van der Waals surface area contributed by atoms with Crippen LogP contribution in [0.3, 0.4) is 0 Å². The van der Waals surface area contributed by atoms with Crippen molar-refractivity contribution in [2.75, 3.05) is 39.6 Å². The molecule has 0 heterocycles. The van der Waals surface area contributed by atoms with Crippen molar-refractivity contribution in [2.45, 2.75) is 13.2 Å². The topological polar surface area (TPSA) is 86.6 Å². The van der Waals surface area contributed by atoms with Crippen molar-refractivity contribution in [3.05, 3.63) is 100 Å². The van der Waals surface area contributed by atoms with Gasteiger partial charge in [-0.3, -0.25) is 0 Å². The number of hydrogen-bond donors (Lipinski definition) is 2. The second kappa shape index (κ2) is 27.2. The van der Waals surface area contributed by atoms with E-state index in [9.17, 15) is 0 Å². The molecule has 2 aromatic carbocycles. The van der Waals surface area contributed by atoms with Crippen molar-refractivity contribution in [2.24, 2.45) is 5.41 Å². The van der Waals surface area contributed by atoms with E-state index in [1.807, 2.05) is 60.7 Å². The fourth-order valence-corrected chi connectivity index (χ4v) is 2.81. The average molecular weight is 1520 g/mol. The normalized spacial score (nSPS) is 9.39. The summed E-state index contributed by atoms with van der Waals surface area (Å²) in [5.41, 5.74) is 1.78. The molecule has 0 bridgehead atoms. The van der Waals surface area contributed by atoms with E-state index in [0.29, 0.717) is 52.9 Å². The van der Waals surface area contributed by atoms with Crippen LogP contribution in [0.4, 0.5) is 0 Å². The molecular formula is C25H36O7Rf4-4. The molecule has 0 spiro atoms. The summed E-state index contributed by atoms with van der Waals surface area (Å²) < 4.78 is 27.7. The van der Waals surface area contributed by atoms with Gasteiger partial charge in [0, 0.05) is 13.2 Å². The standard InChI is InChI=1S/C23H30O5.2CH3O.4Rf/c1-24-17-23(18-25-2,20-28-16-22-11-7-4-8-12-22)19-27-14-13-26-15-21-9-5-3-6-10-21;2*1-2;;;;/h3-12H,1-2,13-20H2;2*2H,1H2;;;;/q-2;2*-1;;;;. The minimum atomic E-state index is -0.474. The molecule has 0 saturated heterocycles. The van der Waals surface area contributed by atoms with Crippen LogP contribution in [-0.2, 0) is 36.9 Å². The molecule has 0 aliphatic rings. The minimum absolute atomic E-state index is 0. The van der Waals surface area contributed by atoms with E-state index in [1.165, 1.54) is 0 Å². The quantitative estimate of drug-likeness (QED) is 0.203. The maximum absolute atomic E-state index is 6.75. The number of hydrogen-bond acceptors (Lipinski definition) is 7. The predicted molar refractivity (Wildman–Crippen MR) is 123 cm³/mol. The number of rotatable bonds is 15. The summed E-state index contributed by atoms with van der Waals surface area (Å²) >= 11 is 0. The van der Waals surface area contributed by atoms with Gasteiger partial charge in [-0.1, -0.05) is 60.7 Å². The largest absolute Gasteiger partial charge is 0.569 e. The third kappa shape index (κ3) is 16.8. The first-order chi connectivity index (χ1) is 15.8. The first-order valence-corrected chi connectivity index (χ1v) is 9.96. The summed E-state index contributed by atoms with van der Waals surface area (Å²) in [6.07, 6.45) is 0. The van der Waals surface area contributed by atoms with Crippen molar-refractivity contribution < 1.29 is 33.9 Å². The van der Waals surface area contributed by atoms with Crippen LogP contribution in [0, 0.1) is 33.9 Å². The van der Waals surface area contributed by atoms with E-state index in [1.54, 1.807) is 0 Å². The summed E-state index contributed by atoms with van der Waals surface area (Å²) in [6, 6.07) is 20.1. The number of ether oxygens (including phenoxy) is 5. The van der Waals surface area contributed by atoms with Gasteiger partial charge in [0.15, 0.2) is 0 Å². The summed E-state index contributed by atoms with van der Waals surface area (Å²) in [6.45, 7) is 3.58. The minimum Gasteiger partial charge on any atom is -0.569 e. The van der Waals surface area contributed by atoms with Crippen LogP contribution < -0.4 is 0 Å².